The predicted octanol–water partition coefficient (Wildman–Crippen LogP) is 0.765. The third-order valence-corrected chi connectivity index (χ3v) is 1.67. The third-order valence-electron chi connectivity index (χ3n) is 1.67. The molecule has 0 saturated carbocycles. The first-order chi connectivity index (χ1) is 7.02. The number of hydrogen-bond acceptors (Lipinski definition) is 4. The van der Waals surface area contributed by atoms with Gasteiger partial charge in [-0.15, -0.1) is 0 Å². The summed E-state index contributed by atoms with van der Waals surface area (Å²) in [6.45, 7) is 0. The number of hydrogen-bond donors (Lipinski definition) is 3. The van der Waals surface area contributed by atoms with Crippen LogP contribution in [-0.4, -0.2) is 27.1 Å². The lowest BCUT2D eigenvalue weighted by molar-refractivity contribution is -0.146. The molecule has 0 radical (unpaired) electrons. The van der Waals surface area contributed by atoms with Crippen LogP contribution in [-0.2, 0) is 9.59 Å². The lowest BCUT2D eigenvalue weighted by atomic mass is 10.1. The van der Waals surface area contributed by atoms with Crippen LogP contribution in [0.25, 0.3) is 6.08 Å². The number of para-hydroxylation sites is 1. The van der Waals surface area contributed by atoms with E-state index in [0.29, 0.717) is 0 Å². The summed E-state index contributed by atoms with van der Waals surface area (Å²) in [5.41, 5.74) is 0.171. The molecule has 0 fully saturated rings. The van der Waals surface area contributed by atoms with Crippen LogP contribution in [0.2, 0.25) is 0 Å². The van der Waals surface area contributed by atoms with Crippen LogP contribution in [0.3, 0.4) is 0 Å². The van der Waals surface area contributed by atoms with Crippen LogP contribution in [0, 0.1) is 0 Å². The van der Waals surface area contributed by atoms with Crippen molar-refractivity contribution < 1.29 is 24.9 Å². The van der Waals surface area contributed by atoms with Gasteiger partial charge in [0.1, 0.15) is 0 Å². The molecule has 0 aliphatic rings. The number of carbonyl (C=O) groups is 2. The maximum absolute atomic E-state index is 10.7. The maximum Gasteiger partial charge on any atom is 0.376 e. The van der Waals surface area contributed by atoms with Gasteiger partial charge in [0.15, 0.2) is 11.5 Å². The molecule has 1 aromatic carbocycles. The topological polar surface area (TPSA) is 94.8 Å². The number of aromatic hydroxyl groups is 2. The minimum atomic E-state index is -1.58. The molecule has 78 valence electrons. The quantitative estimate of drug-likeness (QED) is 0.387. The zero-order chi connectivity index (χ0) is 11.4. The summed E-state index contributed by atoms with van der Waals surface area (Å²) >= 11 is 0. The first-order valence-electron chi connectivity index (χ1n) is 3.98. The molecule has 0 atom stereocenters. The van der Waals surface area contributed by atoms with Gasteiger partial charge in [-0.05, 0) is 18.2 Å². The van der Waals surface area contributed by atoms with Crippen molar-refractivity contribution in [1.82, 2.24) is 0 Å². The fourth-order valence-electron chi connectivity index (χ4n) is 0.920. The van der Waals surface area contributed by atoms with E-state index in [4.69, 9.17) is 10.2 Å². The van der Waals surface area contributed by atoms with Gasteiger partial charge in [-0.3, -0.25) is 4.79 Å². The molecule has 3 N–H and O–H groups in total. The molecule has 0 saturated heterocycles. The summed E-state index contributed by atoms with van der Waals surface area (Å²) in [6.07, 6.45) is 1.92. The van der Waals surface area contributed by atoms with Crippen LogP contribution in [0.15, 0.2) is 24.3 Å². The number of carbonyl (C=O) groups excluding carboxylic acids is 1. The molecule has 5 heteroatoms. The fraction of sp³-hybridized carbons (Fsp3) is 0. The largest absolute Gasteiger partial charge is 0.504 e. The van der Waals surface area contributed by atoms with E-state index in [1.165, 1.54) is 18.2 Å². The number of rotatable bonds is 3. The van der Waals surface area contributed by atoms with Crippen molar-refractivity contribution in [2.24, 2.45) is 0 Å². The van der Waals surface area contributed by atoms with Crippen molar-refractivity contribution >= 4 is 17.8 Å². The Kier molecular flexibility index (Phi) is 3.07. The number of carboxylic acids is 1. The molecule has 0 bridgehead atoms. The monoisotopic (exact) mass is 208 g/mol. The number of carboxylic acid groups (broad SMARTS) is 1. The minimum Gasteiger partial charge on any atom is -0.504 e. The highest BCUT2D eigenvalue weighted by Gasteiger charge is 2.07. The van der Waals surface area contributed by atoms with E-state index in [1.54, 1.807) is 0 Å². The average Bonchev–Trinajstić information content (AvgIpc) is 2.19. The van der Waals surface area contributed by atoms with Gasteiger partial charge in [0.25, 0.3) is 5.78 Å². The van der Waals surface area contributed by atoms with Crippen LogP contribution in [0.5, 0.6) is 11.5 Å². The van der Waals surface area contributed by atoms with Gasteiger partial charge in [-0.2, -0.15) is 0 Å². The molecule has 0 unspecified atom stereocenters. The zero-order valence-corrected chi connectivity index (χ0v) is 7.54. The normalized spacial score (nSPS) is 10.4. The Bertz CT molecular complexity index is 433. The highest BCUT2D eigenvalue weighted by atomic mass is 16.4. The molecule has 0 heterocycles. The molecule has 0 aliphatic carbocycles. The van der Waals surface area contributed by atoms with Crippen LogP contribution in [0.1, 0.15) is 5.56 Å². The van der Waals surface area contributed by atoms with Crippen LogP contribution < -0.4 is 0 Å². The molecule has 0 amide bonds. The maximum atomic E-state index is 10.7. The summed E-state index contributed by atoms with van der Waals surface area (Å²) in [6, 6.07) is 4.16. The minimum absolute atomic E-state index is 0.171. The zero-order valence-electron chi connectivity index (χ0n) is 7.54. The molecular weight excluding hydrogens is 200 g/mol. The predicted molar refractivity (Wildman–Crippen MR) is 51.4 cm³/mol. The average molecular weight is 208 g/mol. The second kappa shape index (κ2) is 4.28. The molecule has 0 aliphatic heterocycles. The van der Waals surface area contributed by atoms with Gasteiger partial charge in [-0.1, -0.05) is 12.1 Å². The second-order valence-corrected chi connectivity index (χ2v) is 2.72. The van der Waals surface area contributed by atoms with Crippen LogP contribution >= 0.6 is 0 Å². The summed E-state index contributed by atoms with van der Waals surface area (Å²) in [5, 5.41) is 26.6. The SMILES string of the molecule is O=C(O)C(=O)/C=C/c1cccc(O)c1O. The summed E-state index contributed by atoms with van der Waals surface area (Å²) in [4.78, 5) is 20.8. The van der Waals surface area contributed by atoms with E-state index in [2.05, 4.69) is 0 Å². The Balaban J connectivity index is 2.95. The molecule has 1 rings (SSSR count). The first-order valence-corrected chi connectivity index (χ1v) is 3.98. The number of phenolic OH excluding ortho intramolecular Hbond substituents is 2. The highest BCUT2D eigenvalue weighted by Crippen LogP contribution is 2.28. The van der Waals surface area contributed by atoms with E-state index in [1.807, 2.05) is 0 Å². The third kappa shape index (κ3) is 2.57. The van der Waals surface area contributed by atoms with Gasteiger partial charge < -0.3 is 15.3 Å². The van der Waals surface area contributed by atoms with E-state index < -0.39 is 17.5 Å². The lowest BCUT2D eigenvalue weighted by Crippen LogP contribution is -2.08. The Labute approximate surface area is 84.9 Å². The van der Waals surface area contributed by atoms with Crippen LogP contribution in [0.4, 0.5) is 0 Å². The van der Waals surface area contributed by atoms with E-state index in [9.17, 15) is 14.7 Å². The standard InChI is InChI=1S/C10H8O5/c11-7-3-1-2-6(9(7)13)4-5-8(12)10(14)15/h1-5,11,13H,(H,14,15)/b5-4+. The van der Waals surface area contributed by atoms with E-state index in [0.717, 1.165) is 12.2 Å². The highest BCUT2D eigenvalue weighted by molar-refractivity contribution is 6.38. The van der Waals surface area contributed by atoms with Gasteiger partial charge in [0.05, 0.1) is 0 Å². The Morgan fingerprint density at radius 1 is 1.20 bits per heavy atom. The Morgan fingerprint density at radius 2 is 1.87 bits per heavy atom. The van der Waals surface area contributed by atoms with Crippen molar-refractivity contribution in [3.8, 4) is 11.5 Å². The molecule has 15 heavy (non-hydrogen) atoms. The van der Waals surface area contributed by atoms with Gasteiger partial charge in [-0.25, -0.2) is 4.79 Å². The summed E-state index contributed by atoms with van der Waals surface area (Å²) in [7, 11) is 0. The van der Waals surface area contributed by atoms with Crippen molar-refractivity contribution in [3.63, 3.8) is 0 Å². The molecule has 5 nitrogen and oxygen atoms in total. The van der Waals surface area contributed by atoms with Gasteiger partial charge >= 0.3 is 5.97 Å². The van der Waals surface area contributed by atoms with Crippen molar-refractivity contribution in [2.45, 2.75) is 0 Å². The summed E-state index contributed by atoms with van der Waals surface area (Å²) in [5.74, 6) is -3.41. The molecule has 0 spiro atoms. The fourth-order valence-corrected chi connectivity index (χ4v) is 0.920. The molecule has 1 aromatic rings. The lowest BCUT2D eigenvalue weighted by Gasteiger charge is -1.99. The van der Waals surface area contributed by atoms with Gasteiger partial charge in [0.2, 0.25) is 0 Å². The van der Waals surface area contributed by atoms with Crippen molar-refractivity contribution in [1.29, 1.82) is 0 Å². The second-order valence-electron chi connectivity index (χ2n) is 2.72. The van der Waals surface area contributed by atoms with Gasteiger partial charge in [0, 0.05) is 5.56 Å². The number of phenols is 2. The number of benzene rings is 1. The summed E-state index contributed by atoms with van der Waals surface area (Å²) < 4.78 is 0. The smallest absolute Gasteiger partial charge is 0.376 e. The first kappa shape index (κ1) is 10.8. The number of ketones is 1. The van der Waals surface area contributed by atoms with E-state index in [-0.39, 0.29) is 11.3 Å². The van der Waals surface area contributed by atoms with Crippen molar-refractivity contribution in [3.05, 3.63) is 29.8 Å². The van der Waals surface area contributed by atoms with E-state index >= 15 is 0 Å². The van der Waals surface area contributed by atoms with Crippen molar-refractivity contribution in [2.75, 3.05) is 0 Å². The Morgan fingerprint density at radius 3 is 2.47 bits per heavy atom. The molecule has 0 aromatic heterocycles. The molecular formula is C10H8O5. The number of aliphatic carboxylic acids is 1. The Hall–Kier alpha value is -2.30.